The summed E-state index contributed by atoms with van der Waals surface area (Å²) in [5.41, 5.74) is 0. The molecule has 0 saturated heterocycles. The fourth-order valence-corrected chi connectivity index (χ4v) is 2.18. The number of aldehydes is 1. The average molecular weight is 182 g/mol. The highest BCUT2D eigenvalue weighted by Crippen LogP contribution is 2.31. The second-order valence-corrected chi connectivity index (χ2v) is 4.89. The van der Waals surface area contributed by atoms with Crippen molar-refractivity contribution in [3.05, 3.63) is 0 Å². The Morgan fingerprint density at radius 1 is 1.23 bits per heavy atom. The van der Waals surface area contributed by atoms with Gasteiger partial charge in [0, 0.05) is 5.92 Å². The van der Waals surface area contributed by atoms with Gasteiger partial charge in [-0.05, 0) is 37.5 Å². The zero-order valence-electron chi connectivity index (χ0n) is 8.96. The van der Waals surface area contributed by atoms with E-state index >= 15 is 0 Å². The molecule has 1 saturated carbocycles. The van der Waals surface area contributed by atoms with Gasteiger partial charge in [0.1, 0.15) is 6.29 Å². The van der Waals surface area contributed by atoms with Crippen LogP contribution in [0.1, 0.15) is 52.4 Å². The van der Waals surface area contributed by atoms with Crippen molar-refractivity contribution in [2.75, 3.05) is 0 Å². The molecule has 0 spiro atoms. The molecule has 0 amide bonds. The van der Waals surface area contributed by atoms with E-state index in [2.05, 4.69) is 13.8 Å². The third-order valence-electron chi connectivity index (χ3n) is 3.24. The highest BCUT2D eigenvalue weighted by Gasteiger charge is 2.20. The van der Waals surface area contributed by atoms with Crippen molar-refractivity contribution in [3.8, 4) is 0 Å². The number of carbonyl (C=O) groups is 1. The van der Waals surface area contributed by atoms with E-state index in [0.717, 1.165) is 31.0 Å². The maximum atomic E-state index is 10.5. The van der Waals surface area contributed by atoms with Crippen LogP contribution in [0.2, 0.25) is 0 Å². The summed E-state index contributed by atoms with van der Waals surface area (Å²) in [7, 11) is 0. The van der Waals surface area contributed by atoms with Crippen LogP contribution in [0, 0.1) is 17.8 Å². The van der Waals surface area contributed by atoms with Gasteiger partial charge >= 0.3 is 0 Å². The molecule has 0 aromatic rings. The molecule has 0 bridgehead atoms. The molecule has 0 N–H and O–H groups in total. The molecule has 0 aromatic carbocycles. The molecule has 1 aliphatic carbocycles. The van der Waals surface area contributed by atoms with Gasteiger partial charge in [0.05, 0.1) is 0 Å². The van der Waals surface area contributed by atoms with Gasteiger partial charge in [-0.2, -0.15) is 0 Å². The summed E-state index contributed by atoms with van der Waals surface area (Å²) in [5, 5.41) is 0. The summed E-state index contributed by atoms with van der Waals surface area (Å²) in [6, 6.07) is 0. The molecule has 13 heavy (non-hydrogen) atoms. The van der Waals surface area contributed by atoms with Gasteiger partial charge in [-0.25, -0.2) is 0 Å². The summed E-state index contributed by atoms with van der Waals surface area (Å²) in [4.78, 5) is 10.5. The summed E-state index contributed by atoms with van der Waals surface area (Å²) in [5.74, 6) is 2.14. The fourth-order valence-electron chi connectivity index (χ4n) is 2.18. The number of carbonyl (C=O) groups excluding carboxylic acids is 1. The van der Waals surface area contributed by atoms with Crippen molar-refractivity contribution < 1.29 is 4.79 Å². The minimum atomic E-state index is 0.385. The number of hydrogen-bond donors (Lipinski definition) is 0. The van der Waals surface area contributed by atoms with E-state index in [0.29, 0.717) is 5.92 Å². The monoisotopic (exact) mass is 182 g/mol. The van der Waals surface area contributed by atoms with Gasteiger partial charge in [0.15, 0.2) is 0 Å². The molecule has 0 unspecified atom stereocenters. The molecule has 0 heterocycles. The van der Waals surface area contributed by atoms with Crippen LogP contribution in [-0.4, -0.2) is 6.29 Å². The quantitative estimate of drug-likeness (QED) is 0.609. The van der Waals surface area contributed by atoms with Crippen molar-refractivity contribution >= 4 is 6.29 Å². The Kier molecular flexibility index (Phi) is 4.47. The van der Waals surface area contributed by atoms with Crippen LogP contribution < -0.4 is 0 Å². The topological polar surface area (TPSA) is 17.1 Å². The predicted octanol–water partition coefficient (Wildman–Crippen LogP) is 3.43. The molecular weight excluding hydrogens is 160 g/mol. The molecule has 1 heteroatoms. The van der Waals surface area contributed by atoms with Crippen molar-refractivity contribution in [1.29, 1.82) is 0 Å². The van der Waals surface area contributed by atoms with Crippen LogP contribution in [-0.2, 0) is 4.79 Å². The first-order valence-electron chi connectivity index (χ1n) is 5.67. The number of hydrogen-bond acceptors (Lipinski definition) is 1. The molecule has 1 rings (SSSR count). The Bertz CT molecular complexity index is 143. The van der Waals surface area contributed by atoms with E-state index in [9.17, 15) is 4.79 Å². The molecular formula is C12H22O. The van der Waals surface area contributed by atoms with Crippen LogP contribution in [0.25, 0.3) is 0 Å². The largest absolute Gasteiger partial charge is 0.303 e. The molecule has 0 radical (unpaired) electrons. The maximum Gasteiger partial charge on any atom is 0.123 e. The van der Waals surface area contributed by atoms with Crippen LogP contribution in [0.3, 0.4) is 0 Å². The first-order chi connectivity index (χ1) is 6.22. The van der Waals surface area contributed by atoms with Gasteiger partial charge in [-0.3, -0.25) is 0 Å². The van der Waals surface area contributed by atoms with Crippen molar-refractivity contribution in [2.24, 2.45) is 17.8 Å². The van der Waals surface area contributed by atoms with E-state index in [1.165, 1.54) is 25.7 Å². The van der Waals surface area contributed by atoms with Crippen molar-refractivity contribution in [1.82, 2.24) is 0 Å². The lowest BCUT2D eigenvalue weighted by Crippen LogP contribution is -2.15. The summed E-state index contributed by atoms with van der Waals surface area (Å²) >= 11 is 0. The van der Waals surface area contributed by atoms with Crippen LogP contribution >= 0.6 is 0 Å². The third kappa shape index (κ3) is 3.93. The van der Waals surface area contributed by atoms with Crippen LogP contribution in [0.15, 0.2) is 0 Å². The second kappa shape index (κ2) is 5.41. The Morgan fingerprint density at radius 3 is 2.31 bits per heavy atom. The minimum absolute atomic E-state index is 0.385. The van der Waals surface area contributed by atoms with E-state index in [1.54, 1.807) is 0 Å². The van der Waals surface area contributed by atoms with E-state index in [1.807, 2.05) is 0 Å². The Labute approximate surface area is 81.9 Å². The Hall–Kier alpha value is -0.330. The van der Waals surface area contributed by atoms with Crippen molar-refractivity contribution in [2.45, 2.75) is 52.4 Å². The molecule has 1 aliphatic rings. The lowest BCUT2D eigenvalue weighted by atomic mass is 9.80. The van der Waals surface area contributed by atoms with Gasteiger partial charge in [-0.1, -0.05) is 26.7 Å². The molecule has 0 atom stereocenters. The maximum absolute atomic E-state index is 10.5. The smallest absolute Gasteiger partial charge is 0.123 e. The highest BCUT2D eigenvalue weighted by atomic mass is 16.1. The lowest BCUT2D eigenvalue weighted by molar-refractivity contribution is -0.112. The summed E-state index contributed by atoms with van der Waals surface area (Å²) in [6.07, 6.45) is 8.75. The molecule has 1 nitrogen and oxygen atoms in total. The summed E-state index contributed by atoms with van der Waals surface area (Å²) < 4.78 is 0. The van der Waals surface area contributed by atoms with Gasteiger partial charge < -0.3 is 4.79 Å². The minimum Gasteiger partial charge on any atom is -0.303 e. The van der Waals surface area contributed by atoms with Crippen molar-refractivity contribution in [3.63, 3.8) is 0 Å². The fraction of sp³-hybridized carbons (Fsp3) is 0.917. The molecule has 0 aromatic heterocycles. The Morgan fingerprint density at radius 2 is 1.85 bits per heavy atom. The van der Waals surface area contributed by atoms with Crippen LogP contribution in [0.5, 0.6) is 0 Å². The first kappa shape index (κ1) is 10.7. The SMILES string of the molecule is CC(C)CCC1CCC(C=O)CC1. The zero-order chi connectivity index (χ0) is 9.68. The molecule has 0 aliphatic heterocycles. The normalized spacial score (nSPS) is 29.2. The molecule has 76 valence electrons. The van der Waals surface area contributed by atoms with Crippen LogP contribution in [0.4, 0.5) is 0 Å². The lowest BCUT2D eigenvalue weighted by Gasteiger charge is -2.25. The Balaban J connectivity index is 2.14. The van der Waals surface area contributed by atoms with E-state index in [4.69, 9.17) is 0 Å². The molecule has 1 fully saturated rings. The number of rotatable bonds is 4. The standard InChI is InChI=1S/C12H22O/c1-10(2)3-4-11-5-7-12(9-13)8-6-11/h9-12H,3-8H2,1-2H3. The van der Waals surface area contributed by atoms with Gasteiger partial charge in [0.25, 0.3) is 0 Å². The van der Waals surface area contributed by atoms with Gasteiger partial charge in [0.2, 0.25) is 0 Å². The summed E-state index contributed by atoms with van der Waals surface area (Å²) in [6.45, 7) is 4.58. The first-order valence-corrected chi connectivity index (χ1v) is 5.67. The third-order valence-corrected chi connectivity index (χ3v) is 3.24. The second-order valence-electron chi connectivity index (χ2n) is 4.89. The predicted molar refractivity (Wildman–Crippen MR) is 55.6 cm³/mol. The highest BCUT2D eigenvalue weighted by molar-refractivity contribution is 5.53. The zero-order valence-corrected chi connectivity index (χ0v) is 8.96. The average Bonchev–Trinajstić information content (AvgIpc) is 2.15. The van der Waals surface area contributed by atoms with Gasteiger partial charge in [-0.15, -0.1) is 0 Å². The van der Waals surface area contributed by atoms with E-state index in [-0.39, 0.29) is 0 Å². The van der Waals surface area contributed by atoms with E-state index < -0.39 is 0 Å².